The van der Waals surface area contributed by atoms with Crippen LogP contribution < -0.4 is 0 Å². The van der Waals surface area contributed by atoms with Crippen LogP contribution >= 0.6 is 0 Å². The van der Waals surface area contributed by atoms with Crippen LogP contribution in [0.5, 0.6) is 0 Å². The van der Waals surface area contributed by atoms with E-state index in [1.165, 1.54) is 0 Å². The number of allylic oxidation sites excluding steroid dienone is 3. The molecule has 10 heavy (non-hydrogen) atoms. The molecule has 0 heterocycles. The lowest BCUT2D eigenvalue weighted by Gasteiger charge is -1.91. The molecule has 0 aromatic carbocycles. The molecule has 1 heteroatoms. The molecule has 0 aliphatic carbocycles. The van der Waals surface area contributed by atoms with Gasteiger partial charge < -0.3 is 0 Å². The Bertz CT molecular complexity index is 114. The first-order valence-corrected chi connectivity index (χ1v) is 3.76. The highest BCUT2D eigenvalue weighted by Gasteiger charge is 1.90. The predicted octanol–water partition coefficient (Wildman–Crippen LogP) is 3.61. The minimum atomic E-state index is 0.00162. The molecule has 0 aliphatic rings. The fourth-order valence-electron chi connectivity index (χ4n) is 0.643. The van der Waals surface area contributed by atoms with Gasteiger partial charge in [0.1, 0.15) is 0 Å². The van der Waals surface area contributed by atoms with Gasteiger partial charge in [-0.2, -0.15) is 0 Å². The van der Waals surface area contributed by atoms with E-state index in [1.807, 2.05) is 6.92 Å². The number of halogens is 1. The zero-order valence-electron chi connectivity index (χ0n) is 6.57. The average Bonchev–Trinajstić information content (AvgIpc) is 1.97. The van der Waals surface area contributed by atoms with Gasteiger partial charge in [-0.3, -0.25) is 0 Å². The largest absolute Gasteiger partial charge is 0.212 e. The molecule has 0 radical (unpaired) electrons. The van der Waals surface area contributed by atoms with E-state index in [0.717, 1.165) is 19.3 Å². The Morgan fingerprint density at radius 3 is 2.70 bits per heavy atom. The standard InChI is InChI=1S/C9H15F/c1-3-5-7-9(10)8-6-4-2/h3,8H,1,4-7H2,2H3/b9-8-. The van der Waals surface area contributed by atoms with Crippen LogP contribution in [0.15, 0.2) is 24.6 Å². The summed E-state index contributed by atoms with van der Waals surface area (Å²) in [5.41, 5.74) is 0. The molecule has 0 aromatic heterocycles. The molecular formula is C9H15F. The van der Waals surface area contributed by atoms with Crippen LogP contribution in [-0.2, 0) is 0 Å². The van der Waals surface area contributed by atoms with Gasteiger partial charge in [0.15, 0.2) is 0 Å². The zero-order valence-corrected chi connectivity index (χ0v) is 6.57. The van der Waals surface area contributed by atoms with Crippen molar-refractivity contribution in [2.45, 2.75) is 32.6 Å². The Morgan fingerprint density at radius 1 is 1.50 bits per heavy atom. The van der Waals surface area contributed by atoms with Gasteiger partial charge in [0.25, 0.3) is 0 Å². The summed E-state index contributed by atoms with van der Waals surface area (Å²) < 4.78 is 12.6. The summed E-state index contributed by atoms with van der Waals surface area (Å²) >= 11 is 0. The van der Waals surface area contributed by atoms with Crippen LogP contribution in [0.1, 0.15) is 32.6 Å². The van der Waals surface area contributed by atoms with Crippen LogP contribution in [0.3, 0.4) is 0 Å². The summed E-state index contributed by atoms with van der Waals surface area (Å²) in [5, 5.41) is 0. The number of rotatable bonds is 5. The fraction of sp³-hybridized carbons (Fsp3) is 0.556. The summed E-state index contributed by atoms with van der Waals surface area (Å²) in [6, 6.07) is 0. The number of hydrogen-bond acceptors (Lipinski definition) is 0. The minimum absolute atomic E-state index is 0.00162. The maximum absolute atomic E-state index is 12.6. The third-order valence-electron chi connectivity index (χ3n) is 1.24. The zero-order chi connectivity index (χ0) is 7.82. The second-order valence-corrected chi connectivity index (χ2v) is 2.27. The van der Waals surface area contributed by atoms with Crippen molar-refractivity contribution in [2.24, 2.45) is 0 Å². The SMILES string of the molecule is C=CCC/C(F)=C/CCC. The molecule has 0 fully saturated rings. The van der Waals surface area contributed by atoms with Crippen LogP contribution in [-0.4, -0.2) is 0 Å². The molecule has 0 aromatic rings. The third-order valence-corrected chi connectivity index (χ3v) is 1.24. The van der Waals surface area contributed by atoms with Gasteiger partial charge in [-0.15, -0.1) is 6.58 Å². The van der Waals surface area contributed by atoms with E-state index in [4.69, 9.17) is 0 Å². The highest BCUT2D eigenvalue weighted by Crippen LogP contribution is 2.08. The Hall–Kier alpha value is -0.590. The summed E-state index contributed by atoms with van der Waals surface area (Å²) in [6.07, 6.45) is 6.52. The van der Waals surface area contributed by atoms with Gasteiger partial charge in [0.05, 0.1) is 5.83 Å². The van der Waals surface area contributed by atoms with E-state index >= 15 is 0 Å². The lowest BCUT2D eigenvalue weighted by molar-refractivity contribution is 0.584. The first-order valence-electron chi connectivity index (χ1n) is 3.76. The monoisotopic (exact) mass is 142 g/mol. The highest BCUT2D eigenvalue weighted by molar-refractivity contribution is 4.92. The lowest BCUT2D eigenvalue weighted by atomic mass is 10.2. The maximum atomic E-state index is 12.6. The normalized spacial score (nSPS) is 11.6. The van der Waals surface area contributed by atoms with Crippen molar-refractivity contribution >= 4 is 0 Å². The van der Waals surface area contributed by atoms with E-state index in [-0.39, 0.29) is 5.83 Å². The quantitative estimate of drug-likeness (QED) is 0.514. The minimum Gasteiger partial charge on any atom is -0.212 e. The Morgan fingerprint density at radius 2 is 2.20 bits per heavy atom. The van der Waals surface area contributed by atoms with Crippen LogP contribution in [0, 0.1) is 0 Å². The second kappa shape index (κ2) is 6.53. The van der Waals surface area contributed by atoms with Crippen LogP contribution in [0.2, 0.25) is 0 Å². The van der Waals surface area contributed by atoms with E-state index in [0.29, 0.717) is 6.42 Å². The molecule has 0 saturated carbocycles. The second-order valence-electron chi connectivity index (χ2n) is 2.27. The fourth-order valence-corrected chi connectivity index (χ4v) is 0.643. The molecule has 0 nitrogen and oxygen atoms in total. The van der Waals surface area contributed by atoms with Gasteiger partial charge in [0, 0.05) is 6.42 Å². The van der Waals surface area contributed by atoms with Crippen molar-refractivity contribution in [3.05, 3.63) is 24.6 Å². The van der Waals surface area contributed by atoms with Crippen LogP contribution in [0.4, 0.5) is 4.39 Å². The van der Waals surface area contributed by atoms with Gasteiger partial charge in [0.2, 0.25) is 0 Å². The highest BCUT2D eigenvalue weighted by atomic mass is 19.1. The molecule has 0 atom stereocenters. The van der Waals surface area contributed by atoms with Crippen LogP contribution in [0.25, 0.3) is 0 Å². The van der Waals surface area contributed by atoms with E-state index in [2.05, 4.69) is 6.58 Å². The van der Waals surface area contributed by atoms with Crippen molar-refractivity contribution in [3.8, 4) is 0 Å². The first kappa shape index (κ1) is 9.41. The van der Waals surface area contributed by atoms with Crippen molar-refractivity contribution in [1.82, 2.24) is 0 Å². The topological polar surface area (TPSA) is 0 Å². The Kier molecular flexibility index (Phi) is 6.14. The van der Waals surface area contributed by atoms with Crippen molar-refractivity contribution < 1.29 is 4.39 Å². The summed E-state index contributed by atoms with van der Waals surface area (Å²) in [7, 11) is 0. The molecule has 0 saturated heterocycles. The molecule has 58 valence electrons. The number of hydrogen-bond donors (Lipinski definition) is 0. The third kappa shape index (κ3) is 5.54. The molecule has 0 N–H and O–H groups in total. The lowest BCUT2D eigenvalue weighted by Crippen LogP contribution is -1.73. The van der Waals surface area contributed by atoms with E-state index in [9.17, 15) is 4.39 Å². The summed E-state index contributed by atoms with van der Waals surface area (Å²) in [4.78, 5) is 0. The smallest absolute Gasteiger partial charge is 0.0962 e. The van der Waals surface area contributed by atoms with Crippen molar-refractivity contribution in [2.75, 3.05) is 0 Å². The molecule has 0 amide bonds. The van der Waals surface area contributed by atoms with Gasteiger partial charge in [-0.25, -0.2) is 4.39 Å². The van der Waals surface area contributed by atoms with Gasteiger partial charge in [-0.1, -0.05) is 25.5 Å². The molecule has 0 aliphatic heterocycles. The predicted molar refractivity (Wildman–Crippen MR) is 43.5 cm³/mol. The average molecular weight is 142 g/mol. The van der Waals surface area contributed by atoms with Gasteiger partial charge >= 0.3 is 0 Å². The van der Waals surface area contributed by atoms with Crippen molar-refractivity contribution in [1.29, 1.82) is 0 Å². The maximum Gasteiger partial charge on any atom is 0.0962 e. The van der Waals surface area contributed by atoms with Gasteiger partial charge in [-0.05, 0) is 12.8 Å². The van der Waals surface area contributed by atoms with E-state index in [1.54, 1.807) is 12.2 Å². The molecule has 0 bridgehead atoms. The molecule has 0 rings (SSSR count). The number of unbranched alkanes of at least 4 members (excludes halogenated alkanes) is 1. The molecule has 0 spiro atoms. The summed E-state index contributed by atoms with van der Waals surface area (Å²) in [5.74, 6) is 0.00162. The Labute approximate surface area is 62.4 Å². The Balaban J connectivity index is 3.38. The van der Waals surface area contributed by atoms with Crippen molar-refractivity contribution in [3.63, 3.8) is 0 Å². The first-order chi connectivity index (χ1) is 4.81. The van der Waals surface area contributed by atoms with E-state index < -0.39 is 0 Å². The summed E-state index contributed by atoms with van der Waals surface area (Å²) in [6.45, 7) is 5.56. The molecular weight excluding hydrogens is 127 g/mol. The molecule has 0 unspecified atom stereocenters.